The number of anilines is 1. The van der Waals surface area contributed by atoms with Gasteiger partial charge >= 0.3 is 0 Å². The average molecular weight is 445 g/mol. The van der Waals surface area contributed by atoms with E-state index in [-0.39, 0.29) is 12.1 Å². The molecule has 0 radical (unpaired) electrons. The first-order valence-corrected chi connectivity index (χ1v) is 11.1. The monoisotopic (exact) mass is 444 g/mol. The molecule has 4 heterocycles. The van der Waals surface area contributed by atoms with Crippen LogP contribution in [0.1, 0.15) is 28.1 Å². The highest BCUT2D eigenvalue weighted by molar-refractivity contribution is 7.10. The molecule has 0 unspecified atom stereocenters. The largest absolute Gasteiger partial charge is 0.493 e. The highest BCUT2D eigenvalue weighted by atomic mass is 32.1. The number of hydrogen-bond donors (Lipinski definition) is 1. The summed E-state index contributed by atoms with van der Waals surface area (Å²) >= 11 is 1.69. The van der Waals surface area contributed by atoms with Crippen LogP contribution in [-0.2, 0) is 0 Å². The molecule has 0 bridgehead atoms. The van der Waals surface area contributed by atoms with Crippen LogP contribution in [0.3, 0.4) is 0 Å². The van der Waals surface area contributed by atoms with Crippen LogP contribution in [0.15, 0.2) is 71.9 Å². The van der Waals surface area contributed by atoms with Gasteiger partial charge in [-0.15, -0.1) is 11.3 Å². The second-order valence-electron chi connectivity index (χ2n) is 7.51. The van der Waals surface area contributed by atoms with Crippen LogP contribution in [0.5, 0.6) is 17.2 Å². The molecular weight excluding hydrogens is 424 g/mol. The Kier molecular flexibility index (Phi) is 4.39. The van der Waals surface area contributed by atoms with Crippen LogP contribution in [0.2, 0.25) is 0 Å². The summed E-state index contributed by atoms with van der Waals surface area (Å²) in [5.41, 5.74) is 4.06. The summed E-state index contributed by atoms with van der Waals surface area (Å²) < 4.78 is 19.6. The van der Waals surface area contributed by atoms with Crippen LogP contribution in [0, 0.1) is 0 Å². The van der Waals surface area contributed by atoms with E-state index in [1.165, 1.54) is 4.88 Å². The fourth-order valence-corrected chi connectivity index (χ4v) is 5.26. The summed E-state index contributed by atoms with van der Waals surface area (Å²) in [6.45, 7) is 0. The zero-order chi connectivity index (χ0) is 21.7. The molecule has 0 saturated carbocycles. The molecule has 0 amide bonds. The second kappa shape index (κ2) is 7.42. The van der Waals surface area contributed by atoms with Crippen molar-refractivity contribution in [3.63, 3.8) is 0 Å². The Bertz CT molecular complexity index is 1330. The van der Waals surface area contributed by atoms with Crippen LogP contribution in [0.4, 0.5) is 5.95 Å². The molecule has 7 nitrogen and oxygen atoms in total. The maximum absolute atomic E-state index is 6.63. The molecule has 6 rings (SSSR count). The van der Waals surface area contributed by atoms with Crippen LogP contribution < -0.4 is 19.5 Å². The molecule has 0 fully saturated rings. The number of rotatable bonds is 4. The number of ether oxygens (including phenoxy) is 3. The number of aromatic nitrogens is 3. The second-order valence-corrected chi connectivity index (χ2v) is 8.49. The van der Waals surface area contributed by atoms with Gasteiger partial charge in [-0.3, -0.25) is 0 Å². The number of hydrogen-bond acceptors (Lipinski definition) is 7. The molecule has 4 aromatic rings. The van der Waals surface area contributed by atoms with Gasteiger partial charge in [0, 0.05) is 21.6 Å². The van der Waals surface area contributed by atoms with Crippen molar-refractivity contribution in [2.24, 2.45) is 0 Å². The summed E-state index contributed by atoms with van der Waals surface area (Å²) in [6, 6.07) is 18.0. The first kappa shape index (κ1) is 18.9. The van der Waals surface area contributed by atoms with Crippen molar-refractivity contribution >= 4 is 23.0 Å². The van der Waals surface area contributed by atoms with Crippen molar-refractivity contribution in [3.8, 4) is 17.2 Å². The van der Waals surface area contributed by atoms with Crippen molar-refractivity contribution in [3.05, 3.63) is 87.9 Å². The lowest BCUT2D eigenvalue weighted by Crippen LogP contribution is -2.32. The third kappa shape index (κ3) is 2.80. The molecule has 2 aromatic carbocycles. The van der Waals surface area contributed by atoms with Gasteiger partial charge in [0.2, 0.25) is 5.95 Å². The fraction of sp³-hybridized carbons (Fsp3) is 0.167. The summed E-state index contributed by atoms with van der Waals surface area (Å²) in [4.78, 5) is 5.63. The molecule has 2 aliphatic rings. The normalized spacial score (nSPS) is 18.7. The Morgan fingerprint density at radius 1 is 1.03 bits per heavy atom. The average Bonchev–Trinajstić information content (AvgIpc) is 3.54. The van der Waals surface area contributed by atoms with Gasteiger partial charge in [0.25, 0.3) is 0 Å². The Morgan fingerprint density at radius 3 is 2.72 bits per heavy atom. The summed E-state index contributed by atoms with van der Waals surface area (Å²) in [6.07, 6.45) is 1.23. The highest BCUT2D eigenvalue weighted by Crippen LogP contribution is 2.51. The van der Waals surface area contributed by atoms with Gasteiger partial charge in [0.15, 0.2) is 11.5 Å². The Morgan fingerprint density at radius 2 is 1.91 bits per heavy atom. The molecule has 2 atom stereocenters. The fourth-order valence-electron chi connectivity index (χ4n) is 4.43. The van der Waals surface area contributed by atoms with Crippen molar-refractivity contribution in [2.45, 2.75) is 12.1 Å². The number of methoxy groups -OCH3 is 2. The van der Waals surface area contributed by atoms with E-state index in [2.05, 4.69) is 39.0 Å². The van der Waals surface area contributed by atoms with Gasteiger partial charge in [0.05, 0.1) is 19.9 Å². The number of benzene rings is 2. The third-order valence-corrected chi connectivity index (χ3v) is 6.77. The Labute approximate surface area is 188 Å². The van der Waals surface area contributed by atoms with E-state index < -0.39 is 0 Å². The predicted molar refractivity (Wildman–Crippen MR) is 122 cm³/mol. The van der Waals surface area contributed by atoms with Crippen molar-refractivity contribution in [1.82, 2.24) is 14.8 Å². The van der Waals surface area contributed by atoms with Crippen molar-refractivity contribution in [1.29, 1.82) is 0 Å². The molecule has 1 N–H and O–H groups in total. The van der Waals surface area contributed by atoms with Crippen LogP contribution >= 0.6 is 11.3 Å². The van der Waals surface area contributed by atoms with Gasteiger partial charge in [0.1, 0.15) is 24.2 Å². The molecule has 2 aliphatic heterocycles. The predicted octanol–water partition coefficient (Wildman–Crippen LogP) is 4.92. The van der Waals surface area contributed by atoms with E-state index in [4.69, 9.17) is 14.2 Å². The summed E-state index contributed by atoms with van der Waals surface area (Å²) in [5, 5.41) is 10.1. The molecule has 0 spiro atoms. The lowest BCUT2D eigenvalue weighted by atomic mass is 9.87. The van der Waals surface area contributed by atoms with E-state index in [1.807, 2.05) is 41.1 Å². The minimum atomic E-state index is -0.350. The molecular formula is C24H20N4O3S. The zero-order valence-electron chi connectivity index (χ0n) is 17.5. The van der Waals surface area contributed by atoms with Crippen molar-refractivity contribution in [2.75, 3.05) is 19.5 Å². The number of fused-ring (bicyclic) bond motifs is 3. The van der Waals surface area contributed by atoms with E-state index in [1.54, 1.807) is 31.9 Å². The third-order valence-electron chi connectivity index (χ3n) is 5.84. The standard InChI is InChI=1S/C24H20N4O3S/c1-29-17-10-9-14(12-18(17)30-2)23-20-21(15-6-3-4-7-16(15)31-23)27-24-25-13-26-28(24)22(20)19-8-5-11-32-19/h3-13,22-23H,1-2H3,(H,25,26,27)/t22-,23+/m1/s1. The number of para-hydroxylation sites is 1. The number of nitrogens with one attached hydrogen (secondary N) is 1. The SMILES string of the molecule is COc1ccc([C@@H]2Oc3ccccc3C3=C2[C@@H](c2cccs2)n2ncnc2N3)cc1OC. The van der Waals surface area contributed by atoms with E-state index >= 15 is 0 Å². The maximum atomic E-state index is 6.63. The number of thiophene rings is 1. The minimum absolute atomic E-state index is 0.143. The first-order chi connectivity index (χ1) is 15.8. The lowest BCUT2D eigenvalue weighted by molar-refractivity contribution is 0.222. The molecule has 160 valence electrons. The maximum Gasteiger partial charge on any atom is 0.226 e. The van der Waals surface area contributed by atoms with Gasteiger partial charge in [-0.1, -0.05) is 24.3 Å². The smallest absolute Gasteiger partial charge is 0.226 e. The van der Waals surface area contributed by atoms with Gasteiger partial charge < -0.3 is 19.5 Å². The molecule has 8 heteroatoms. The van der Waals surface area contributed by atoms with Crippen molar-refractivity contribution < 1.29 is 14.2 Å². The zero-order valence-corrected chi connectivity index (χ0v) is 18.3. The Balaban J connectivity index is 1.60. The summed E-state index contributed by atoms with van der Waals surface area (Å²) in [5.74, 6) is 2.87. The van der Waals surface area contributed by atoms with Crippen LogP contribution in [0.25, 0.3) is 5.70 Å². The van der Waals surface area contributed by atoms with Crippen LogP contribution in [-0.4, -0.2) is 29.0 Å². The minimum Gasteiger partial charge on any atom is -0.493 e. The first-order valence-electron chi connectivity index (χ1n) is 10.2. The molecule has 32 heavy (non-hydrogen) atoms. The Hall–Kier alpha value is -3.78. The number of nitrogens with zero attached hydrogens (tertiary/aromatic N) is 3. The van der Waals surface area contributed by atoms with Gasteiger partial charge in [-0.05, 0) is 35.7 Å². The highest BCUT2D eigenvalue weighted by Gasteiger charge is 2.41. The quantitative estimate of drug-likeness (QED) is 0.482. The van der Waals surface area contributed by atoms with Gasteiger partial charge in [-0.25, -0.2) is 4.68 Å². The topological polar surface area (TPSA) is 70.4 Å². The molecule has 0 aliphatic carbocycles. The van der Waals surface area contributed by atoms with Gasteiger partial charge in [-0.2, -0.15) is 10.1 Å². The van der Waals surface area contributed by atoms with E-state index in [9.17, 15) is 0 Å². The van der Waals surface area contributed by atoms with E-state index in [0.717, 1.165) is 28.1 Å². The molecule has 0 saturated heterocycles. The van der Waals surface area contributed by atoms with E-state index in [0.29, 0.717) is 17.4 Å². The molecule has 2 aromatic heterocycles. The lowest BCUT2D eigenvalue weighted by Gasteiger charge is -2.38. The summed E-state index contributed by atoms with van der Waals surface area (Å²) in [7, 11) is 3.28.